The van der Waals surface area contributed by atoms with Gasteiger partial charge in [-0.2, -0.15) is 0 Å². The molecular weight excluding hydrogens is 222 g/mol. The Hall–Kier alpha value is -0.553. The smallest absolute Gasteiger partial charge is 0.410 e. The van der Waals surface area contributed by atoms with E-state index < -0.39 is 13.7 Å². The number of carbonyl (C=O) groups excluding carboxylic acids is 1. The topological polar surface area (TPSA) is 49.8 Å². The van der Waals surface area contributed by atoms with Crippen molar-refractivity contribution in [1.82, 2.24) is 4.90 Å². The summed E-state index contributed by atoms with van der Waals surface area (Å²) in [6.45, 7) is 10.1. The summed E-state index contributed by atoms with van der Waals surface area (Å²) < 4.78 is 5.35. The van der Waals surface area contributed by atoms with E-state index in [0.29, 0.717) is 0 Å². The van der Waals surface area contributed by atoms with Gasteiger partial charge in [0.15, 0.2) is 0 Å². The van der Waals surface area contributed by atoms with E-state index in [4.69, 9.17) is 4.74 Å². The molecule has 1 atom stereocenters. The zero-order chi connectivity index (χ0) is 12.6. The predicted molar refractivity (Wildman–Crippen MR) is 66.1 cm³/mol. The normalized spacial score (nSPS) is 24.6. The van der Waals surface area contributed by atoms with Crippen LogP contribution < -0.4 is 0 Å². The molecular formula is C11H23NO3Si. The Morgan fingerprint density at radius 2 is 2.06 bits per heavy atom. The number of hydrogen-bond donors (Lipinski definition) is 1. The number of hydrogen-bond acceptors (Lipinski definition) is 3. The lowest BCUT2D eigenvalue weighted by Gasteiger charge is -2.28. The SMILES string of the molecule is CC(C)(C)OC(=O)N1C[Si](C)(C)C[C@H]1CO. The fourth-order valence-electron chi connectivity index (χ4n) is 2.10. The summed E-state index contributed by atoms with van der Waals surface area (Å²) in [5, 5.41) is 9.29. The van der Waals surface area contributed by atoms with Gasteiger partial charge in [0.25, 0.3) is 0 Å². The summed E-state index contributed by atoms with van der Waals surface area (Å²) in [7, 11) is -1.36. The first kappa shape index (κ1) is 13.5. The molecule has 1 heterocycles. The average Bonchev–Trinajstić information content (AvgIpc) is 2.38. The maximum absolute atomic E-state index is 11.9. The molecule has 4 nitrogen and oxygen atoms in total. The summed E-state index contributed by atoms with van der Waals surface area (Å²) in [5.74, 6) is 0. The molecule has 1 N–H and O–H groups in total. The fourth-order valence-corrected chi connectivity index (χ4v) is 5.16. The van der Waals surface area contributed by atoms with Crippen molar-refractivity contribution < 1.29 is 14.6 Å². The van der Waals surface area contributed by atoms with Crippen LogP contribution in [0.4, 0.5) is 4.79 Å². The standard InChI is InChI=1S/C11H23NO3Si/c1-11(2,3)15-10(14)12-8-16(4,5)7-9(12)6-13/h9,13H,6-8H2,1-5H3/t9-/m1/s1. The molecule has 16 heavy (non-hydrogen) atoms. The molecule has 0 bridgehead atoms. The minimum absolute atomic E-state index is 0.0374. The third-order valence-corrected chi connectivity index (χ3v) is 5.44. The molecule has 0 aromatic heterocycles. The molecule has 0 aliphatic carbocycles. The van der Waals surface area contributed by atoms with Crippen LogP contribution in [0.15, 0.2) is 0 Å². The van der Waals surface area contributed by atoms with Crippen LogP contribution in [-0.2, 0) is 4.74 Å². The Kier molecular flexibility index (Phi) is 3.69. The Morgan fingerprint density at radius 3 is 2.50 bits per heavy atom. The molecule has 1 amide bonds. The number of rotatable bonds is 1. The van der Waals surface area contributed by atoms with E-state index in [1.165, 1.54) is 0 Å². The number of aliphatic hydroxyl groups excluding tert-OH is 1. The van der Waals surface area contributed by atoms with Crippen LogP contribution in [0, 0.1) is 0 Å². The first-order valence-electron chi connectivity index (χ1n) is 5.75. The monoisotopic (exact) mass is 245 g/mol. The van der Waals surface area contributed by atoms with Crippen LogP contribution in [0.1, 0.15) is 20.8 Å². The highest BCUT2D eigenvalue weighted by Crippen LogP contribution is 2.27. The first-order chi connectivity index (χ1) is 7.14. The summed E-state index contributed by atoms with van der Waals surface area (Å²) in [6, 6.07) is 0.916. The molecule has 0 aromatic carbocycles. The summed E-state index contributed by atoms with van der Waals surface area (Å²) in [5.41, 5.74) is -0.467. The van der Waals surface area contributed by atoms with E-state index in [-0.39, 0.29) is 18.7 Å². The molecule has 1 aliphatic rings. The van der Waals surface area contributed by atoms with Gasteiger partial charge in [-0.3, -0.25) is 0 Å². The minimum atomic E-state index is -1.36. The molecule has 1 aliphatic heterocycles. The summed E-state index contributed by atoms with van der Waals surface area (Å²) in [4.78, 5) is 13.6. The van der Waals surface area contributed by atoms with E-state index in [2.05, 4.69) is 13.1 Å². The molecule has 0 spiro atoms. The highest BCUT2D eigenvalue weighted by molar-refractivity contribution is 6.78. The Bertz CT molecular complexity index is 273. The Labute approximate surface area is 98.6 Å². The van der Waals surface area contributed by atoms with Crippen LogP contribution in [-0.4, -0.2) is 48.6 Å². The number of carbonyl (C=O) groups is 1. The van der Waals surface area contributed by atoms with Crippen LogP contribution >= 0.6 is 0 Å². The van der Waals surface area contributed by atoms with E-state index in [9.17, 15) is 9.90 Å². The van der Waals surface area contributed by atoms with Crippen LogP contribution in [0.2, 0.25) is 19.1 Å². The summed E-state index contributed by atoms with van der Waals surface area (Å²) in [6.07, 6.45) is 0.497. The van der Waals surface area contributed by atoms with Crippen molar-refractivity contribution in [3.63, 3.8) is 0 Å². The second-order valence-electron chi connectivity index (χ2n) is 6.31. The molecule has 0 radical (unpaired) electrons. The van der Waals surface area contributed by atoms with Crippen molar-refractivity contribution in [1.29, 1.82) is 0 Å². The van der Waals surface area contributed by atoms with Crippen molar-refractivity contribution in [3.05, 3.63) is 0 Å². The second kappa shape index (κ2) is 4.37. The van der Waals surface area contributed by atoms with Gasteiger partial charge in [0.2, 0.25) is 0 Å². The zero-order valence-corrected chi connectivity index (χ0v) is 11.9. The molecule has 1 rings (SSSR count). The number of nitrogens with zero attached hydrogens (tertiary/aromatic N) is 1. The van der Waals surface area contributed by atoms with Crippen LogP contribution in [0.25, 0.3) is 0 Å². The Balaban J connectivity index is 2.69. The van der Waals surface area contributed by atoms with Gasteiger partial charge in [-0.25, -0.2) is 4.79 Å². The molecule has 1 fully saturated rings. The van der Waals surface area contributed by atoms with Crippen molar-refractivity contribution in [3.8, 4) is 0 Å². The molecule has 0 saturated carbocycles. The molecule has 0 unspecified atom stereocenters. The first-order valence-corrected chi connectivity index (χ1v) is 9.16. The van der Waals surface area contributed by atoms with Gasteiger partial charge in [0.1, 0.15) is 5.60 Å². The van der Waals surface area contributed by atoms with Gasteiger partial charge in [0.05, 0.1) is 20.7 Å². The van der Waals surface area contributed by atoms with Gasteiger partial charge in [0, 0.05) is 6.17 Å². The van der Waals surface area contributed by atoms with Crippen molar-refractivity contribution >= 4 is 14.2 Å². The highest BCUT2D eigenvalue weighted by atomic mass is 28.3. The second-order valence-corrected chi connectivity index (χ2v) is 11.4. The molecule has 5 heteroatoms. The molecule has 0 aromatic rings. The van der Waals surface area contributed by atoms with Gasteiger partial charge < -0.3 is 14.7 Å². The number of amides is 1. The van der Waals surface area contributed by atoms with E-state index in [1.54, 1.807) is 4.90 Å². The quantitative estimate of drug-likeness (QED) is 0.717. The predicted octanol–water partition coefficient (Wildman–Crippen LogP) is 1.85. The average molecular weight is 245 g/mol. The lowest BCUT2D eigenvalue weighted by molar-refractivity contribution is 0.0187. The van der Waals surface area contributed by atoms with Crippen molar-refractivity contribution in [2.24, 2.45) is 0 Å². The maximum atomic E-state index is 11.9. The van der Waals surface area contributed by atoms with E-state index in [1.807, 2.05) is 20.8 Å². The number of ether oxygens (including phenoxy) is 1. The third-order valence-electron chi connectivity index (χ3n) is 2.67. The zero-order valence-electron chi connectivity index (χ0n) is 10.9. The maximum Gasteiger partial charge on any atom is 0.410 e. The van der Waals surface area contributed by atoms with E-state index in [0.717, 1.165) is 12.2 Å². The highest BCUT2D eigenvalue weighted by Gasteiger charge is 2.42. The Morgan fingerprint density at radius 1 is 1.50 bits per heavy atom. The number of aliphatic hydroxyl groups is 1. The molecule has 1 saturated heterocycles. The van der Waals surface area contributed by atoms with Crippen molar-refractivity contribution in [2.45, 2.75) is 51.6 Å². The lowest BCUT2D eigenvalue weighted by atomic mass is 10.2. The minimum Gasteiger partial charge on any atom is -0.444 e. The third kappa shape index (κ3) is 3.49. The summed E-state index contributed by atoms with van der Waals surface area (Å²) >= 11 is 0. The van der Waals surface area contributed by atoms with E-state index >= 15 is 0 Å². The fraction of sp³-hybridized carbons (Fsp3) is 0.909. The van der Waals surface area contributed by atoms with Gasteiger partial charge in [-0.1, -0.05) is 13.1 Å². The lowest BCUT2D eigenvalue weighted by Crippen LogP contribution is -2.42. The van der Waals surface area contributed by atoms with Gasteiger partial charge in [-0.05, 0) is 26.8 Å². The van der Waals surface area contributed by atoms with Gasteiger partial charge >= 0.3 is 6.09 Å². The largest absolute Gasteiger partial charge is 0.444 e. The van der Waals surface area contributed by atoms with Gasteiger partial charge in [-0.15, -0.1) is 0 Å². The van der Waals surface area contributed by atoms with Crippen molar-refractivity contribution in [2.75, 3.05) is 12.8 Å². The molecule has 94 valence electrons. The van der Waals surface area contributed by atoms with Crippen LogP contribution in [0.3, 0.4) is 0 Å². The van der Waals surface area contributed by atoms with Crippen LogP contribution in [0.5, 0.6) is 0 Å².